The monoisotopic (exact) mass is 321 g/mol. The van der Waals surface area contributed by atoms with Gasteiger partial charge in [0.25, 0.3) is 5.91 Å². The van der Waals surface area contributed by atoms with Crippen molar-refractivity contribution in [3.63, 3.8) is 0 Å². The van der Waals surface area contributed by atoms with Crippen molar-refractivity contribution >= 4 is 17.4 Å². The van der Waals surface area contributed by atoms with Crippen LogP contribution in [0.25, 0.3) is 0 Å². The molecule has 0 bridgehead atoms. The number of aromatic nitrogens is 2. The summed E-state index contributed by atoms with van der Waals surface area (Å²) in [7, 11) is 3.81. The molecule has 1 heterocycles. The molecule has 1 aromatic heterocycles. The predicted octanol–water partition coefficient (Wildman–Crippen LogP) is 1.79. The van der Waals surface area contributed by atoms with Gasteiger partial charge in [-0.25, -0.2) is 8.78 Å². The van der Waals surface area contributed by atoms with Crippen LogP contribution < -0.4 is 10.6 Å². The van der Waals surface area contributed by atoms with Gasteiger partial charge in [-0.1, -0.05) is 0 Å². The summed E-state index contributed by atoms with van der Waals surface area (Å²) in [4.78, 5) is 13.8. The van der Waals surface area contributed by atoms with E-state index in [-0.39, 0.29) is 23.1 Å². The molecule has 2 rings (SSSR count). The molecule has 0 unspecified atom stereocenters. The van der Waals surface area contributed by atoms with Crippen LogP contribution in [0.3, 0.4) is 0 Å². The van der Waals surface area contributed by atoms with Crippen molar-refractivity contribution in [1.82, 2.24) is 20.4 Å². The van der Waals surface area contributed by atoms with Crippen LogP contribution in [0.4, 0.5) is 20.3 Å². The molecule has 0 aliphatic heterocycles. The first-order valence-corrected chi connectivity index (χ1v) is 6.94. The highest BCUT2D eigenvalue weighted by atomic mass is 19.1. The normalized spacial score (nSPS) is 10.7. The van der Waals surface area contributed by atoms with Crippen LogP contribution in [-0.4, -0.2) is 48.2 Å². The summed E-state index contributed by atoms with van der Waals surface area (Å²) < 4.78 is 26.4. The first kappa shape index (κ1) is 16.8. The van der Waals surface area contributed by atoms with Gasteiger partial charge in [0.1, 0.15) is 11.6 Å². The molecule has 0 saturated carbocycles. The number of benzene rings is 1. The van der Waals surface area contributed by atoms with Crippen molar-refractivity contribution < 1.29 is 13.6 Å². The quantitative estimate of drug-likeness (QED) is 0.849. The first-order valence-electron chi connectivity index (χ1n) is 6.94. The third-order valence-corrected chi connectivity index (χ3v) is 2.94. The zero-order chi connectivity index (χ0) is 16.8. The second-order valence-electron chi connectivity index (χ2n) is 5.11. The molecule has 122 valence electrons. The Hall–Kier alpha value is -2.61. The van der Waals surface area contributed by atoms with Gasteiger partial charge in [-0.3, -0.25) is 4.79 Å². The average molecular weight is 321 g/mol. The van der Waals surface area contributed by atoms with E-state index in [1.165, 1.54) is 18.2 Å². The van der Waals surface area contributed by atoms with E-state index in [0.717, 1.165) is 12.1 Å². The molecule has 2 aromatic rings. The Morgan fingerprint density at radius 2 is 1.96 bits per heavy atom. The summed E-state index contributed by atoms with van der Waals surface area (Å²) in [5.74, 6) is -1.49. The van der Waals surface area contributed by atoms with E-state index in [4.69, 9.17) is 0 Å². The Bertz CT molecular complexity index is 676. The molecule has 0 fully saturated rings. The SMILES string of the molecule is CN(C)CCNC(=O)c1ccc(Nc2ccc(F)cc2F)nn1. The van der Waals surface area contributed by atoms with Crippen molar-refractivity contribution in [1.29, 1.82) is 0 Å². The number of hydrogen-bond acceptors (Lipinski definition) is 5. The molecule has 1 amide bonds. The lowest BCUT2D eigenvalue weighted by Gasteiger charge is -2.10. The van der Waals surface area contributed by atoms with E-state index in [1.807, 2.05) is 19.0 Å². The Labute approximate surface area is 132 Å². The van der Waals surface area contributed by atoms with E-state index < -0.39 is 11.6 Å². The van der Waals surface area contributed by atoms with Crippen LogP contribution in [0.15, 0.2) is 30.3 Å². The highest BCUT2D eigenvalue weighted by Gasteiger charge is 2.09. The largest absolute Gasteiger partial charge is 0.349 e. The third-order valence-electron chi connectivity index (χ3n) is 2.94. The highest BCUT2D eigenvalue weighted by molar-refractivity contribution is 5.92. The van der Waals surface area contributed by atoms with E-state index >= 15 is 0 Å². The van der Waals surface area contributed by atoms with Gasteiger partial charge in [-0.05, 0) is 38.4 Å². The molecule has 8 heteroatoms. The molecule has 0 aliphatic rings. The van der Waals surface area contributed by atoms with Crippen molar-refractivity contribution in [2.24, 2.45) is 0 Å². The number of likely N-dealkylation sites (N-methyl/N-ethyl adjacent to an activating group) is 1. The number of hydrogen-bond donors (Lipinski definition) is 2. The standard InChI is InChI=1S/C15H17F2N5O/c1-22(2)8-7-18-15(23)13-5-6-14(21-20-13)19-12-4-3-10(16)9-11(12)17/h3-6,9H,7-8H2,1-2H3,(H,18,23)(H,19,21). The highest BCUT2D eigenvalue weighted by Crippen LogP contribution is 2.18. The zero-order valence-electron chi connectivity index (χ0n) is 12.8. The third kappa shape index (κ3) is 4.96. The maximum absolute atomic E-state index is 13.5. The lowest BCUT2D eigenvalue weighted by atomic mass is 10.3. The van der Waals surface area contributed by atoms with Gasteiger partial charge < -0.3 is 15.5 Å². The first-order chi connectivity index (χ1) is 11.0. The minimum atomic E-state index is -0.739. The summed E-state index contributed by atoms with van der Waals surface area (Å²) in [5, 5.41) is 13.0. The average Bonchev–Trinajstić information content (AvgIpc) is 2.50. The van der Waals surface area contributed by atoms with Crippen molar-refractivity contribution in [3.05, 3.63) is 47.7 Å². The molecule has 2 N–H and O–H groups in total. The van der Waals surface area contributed by atoms with Gasteiger partial charge >= 0.3 is 0 Å². The Kier molecular flexibility index (Phi) is 5.53. The summed E-state index contributed by atoms with van der Waals surface area (Å²) >= 11 is 0. The summed E-state index contributed by atoms with van der Waals surface area (Å²) in [6.07, 6.45) is 0. The van der Waals surface area contributed by atoms with Crippen LogP contribution in [0.2, 0.25) is 0 Å². The molecule has 1 aromatic carbocycles. The van der Waals surface area contributed by atoms with Gasteiger partial charge in [0.05, 0.1) is 5.69 Å². The molecule has 6 nitrogen and oxygen atoms in total. The zero-order valence-corrected chi connectivity index (χ0v) is 12.8. The van der Waals surface area contributed by atoms with E-state index in [2.05, 4.69) is 20.8 Å². The smallest absolute Gasteiger partial charge is 0.271 e. The molecular weight excluding hydrogens is 304 g/mol. The van der Waals surface area contributed by atoms with Gasteiger partial charge in [0.15, 0.2) is 11.5 Å². The molecule has 23 heavy (non-hydrogen) atoms. The van der Waals surface area contributed by atoms with Crippen LogP contribution >= 0.6 is 0 Å². The van der Waals surface area contributed by atoms with Crippen LogP contribution in [0.1, 0.15) is 10.5 Å². The number of nitrogens with zero attached hydrogens (tertiary/aromatic N) is 3. The minimum absolute atomic E-state index is 0.0730. The Morgan fingerprint density at radius 3 is 2.57 bits per heavy atom. The van der Waals surface area contributed by atoms with Crippen molar-refractivity contribution in [2.75, 3.05) is 32.5 Å². The number of anilines is 2. The number of halogens is 2. The number of amides is 1. The van der Waals surface area contributed by atoms with E-state index in [0.29, 0.717) is 13.1 Å². The fourth-order valence-electron chi connectivity index (χ4n) is 1.73. The fourth-order valence-corrected chi connectivity index (χ4v) is 1.73. The Balaban J connectivity index is 1.97. The predicted molar refractivity (Wildman–Crippen MR) is 82.6 cm³/mol. The maximum Gasteiger partial charge on any atom is 0.271 e. The Morgan fingerprint density at radius 1 is 1.17 bits per heavy atom. The molecule has 0 atom stereocenters. The minimum Gasteiger partial charge on any atom is -0.349 e. The lowest BCUT2D eigenvalue weighted by Crippen LogP contribution is -2.31. The van der Waals surface area contributed by atoms with Crippen molar-refractivity contribution in [2.45, 2.75) is 0 Å². The summed E-state index contributed by atoms with van der Waals surface area (Å²) in [6, 6.07) is 6.13. The molecule has 0 saturated heterocycles. The van der Waals surface area contributed by atoms with Gasteiger partial charge in [0, 0.05) is 19.2 Å². The van der Waals surface area contributed by atoms with Crippen LogP contribution in [0, 0.1) is 11.6 Å². The second kappa shape index (κ2) is 7.59. The fraction of sp³-hybridized carbons (Fsp3) is 0.267. The number of nitrogens with one attached hydrogen (secondary N) is 2. The lowest BCUT2D eigenvalue weighted by molar-refractivity contribution is 0.0945. The summed E-state index contributed by atoms with van der Waals surface area (Å²) in [5.41, 5.74) is 0.234. The molecule has 0 aliphatic carbocycles. The van der Waals surface area contributed by atoms with Crippen LogP contribution in [0.5, 0.6) is 0 Å². The number of carbonyl (C=O) groups is 1. The van der Waals surface area contributed by atoms with Gasteiger partial charge in [0.2, 0.25) is 0 Å². The van der Waals surface area contributed by atoms with Crippen molar-refractivity contribution in [3.8, 4) is 0 Å². The topological polar surface area (TPSA) is 70.2 Å². The second-order valence-corrected chi connectivity index (χ2v) is 5.11. The van der Waals surface area contributed by atoms with E-state index in [1.54, 1.807) is 0 Å². The molecular formula is C15H17F2N5O. The van der Waals surface area contributed by atoms with E-state index in [9.17, 15) is 13.6 Å². The number of rotatable bonds is 6. The van der Waals surface area contributed by atoms with Gasteiger partial charge in [-0.2, -0.15) is 0 Å². The van der Waals surface area contributed by atoms with Gasteiger partial charge in [-0.15, -0.1) is 10.2 Å². The number of carbonyl (C=O) groups excluding carboxylic acids is 1. The maximum atomic E-state index is 13.5. The molecule has 0 radical (unpaired) electrons. The summed E-state index contributed by atoms with van der Waals surface area (Å²) in [6.45, 7) is 1.21. The van der Waals surface area contributed by atoms with Crippen LogP contribution in [-0.2, 0) is 0 Å². The molecule has 0 spiro atoms.